The van der Waals surface area contributed by atoms with Crippen LogP contribution in [-0.2, 0) is 4.79 Å². The molecular weight excluding hydrogens is 360 g/mol. The molecule has 1 aromatic carbocycles. The zero-order valence-electron chi connectivity index (χ0n) is 12.7. The van der Waals surface area contributed by atoms with Crippen LogP contribution in [0.25, 0.3) is 0 Å². The fraction of sp³-hybridized carbons (Fsp3) is 0.333. The topological polar surface area (TPSA) is 74.2 Å². The molecule has 1 aliphatic rings. The Balaban J connectivity index is 1.69. The van der Waals surface area contributed by atoms with Crippen LogP contribution in [0.5, 0.6) is 0 Å². The number of anilines is 3. The maximum absolute atomic E-state index is 11.4. The summed E-state index contributed by atoms with van der Waals surface area (Å²) >= 11 is 3.44. The lowest BCUT2D eigenvalue weighted by atomic mass is 10.3. The molecule has 120 valence electrons. The molecule has 2 heterocycles. The molecule has 2 aromatic rings. The largest absolute Gasteiger partial charge is 0.339 e. The Morgan fingerprint density at radius 2 is 2.04 bits per heavy atom. The lowest BCUT2D eigenvalue weighted by molar-refractivity contribution is -0.129. The number of nitrogens with zero attached hydrogens (tertiary/aromatic N) is 5. The summed E-state index contributed by atoms with van der Waals surface area (Å²) in [4.78, 5) is 19.8. The summed E-state index contributed by atoms with van der Waals surface area (Å²) in [5.41, 5.74) is 0.923. The molecule has 7 nitrogen and oxygen atoms in total. The van der Waals surface area contributed by atoms with Gasteiger partial charge in [-0.25, -0.2) is 0 Å². The standard InChI is InChI=1S/C15H17BrN6O/c1-11(23)21-5-7-22(8-6-21)15-19-14(10-17-20-15)18-13-4-2-3-12(16)9-13/h2-4,9-10H,5-8H2,1H3,(H,18,19,20). The summed E-state index contributed by atoms with van der Waals surface area (Å²) in [6.07, 6.45) is 1.59. The predicted molar refractivity (Wildman–Crippen MR) is 91.7 cm³/mol. The van der Waals surface area contributed by atoms with Crippen molar-refractivity contribution in [1.29, 1.82) is 0 Å². The van der Waals surface area contributed by atoms with Crippen LogP contribution in [0.2, 0.25) is 0 Å². The molecule has 0 spiro atoms. The fourth-order valence-corrected chi connectivity index (χ4v) is 2.82. The minimum Gasteiger partial charge on any atom is -0.339 e. The first kappa shape index (κ1) is 15.7. The summed E-state index contributed by atoms with van der Waals surface area (Å²) in [7, 11) is 0. The minimum absolute atomic E-state index is 0.105. The van der Waals surface area contributed by atoms with Gasteiger partial charge in [0.25, 0.3) is 0 Å². The van der Waals surface area contributed by atoms with Crippen molar-refractivity contribution in [2.45, 2.75) is 6.92 Å². The number of nitrogens with one attached hydrogen (secondary N) is 1. The Hall–Kier alpha value is -2.22. The van der Waals surface area contributed by atoms with Crippen molar-refractivity contribution in [2.75, 3.05) is 36.4 Å². The Morgan fingerprint density at radius 3 is 2.74 bits per heavy atom. The van der Waals surface area contributed by atoms with Crippen molar-refractivity contribution in [2.24, 2.45) is 0 Å². The average molecular weight is 377 g/mol. The van der Waals surface area contributed by atoms with Crippen LogP contribution in [0, 0.1) is 0 Å². The van der Waals surface area contributed by atoms with Crippen LogP contribution in [0.15, 0.2) is 34.9 Å². The molecule has 1 N–H and O–H groups in total. The third-order valence-electron chi connectivity index (χ3n) is 3.65. The number of aromatic nitrogens is 3. The highest BCUT2D eigenvalue weighted by molar-refractivity contribution is 9.10. The average Bonchev–Trinajstić information content (AvgIpc) is 2.55. The summed E-state index contributed by atoms with van der Waals surface area (Å²) in [6, 6.07) is 7.83. The lowest BCUT2D eigenvalue weighted by Crippen LogP contribution is -2.48. The van der Waals surface area contributed by atoms with Crippen molar-refractivity contribution in [3.8, 4) is 0 Å². The van der Waals surface area contributed by atoms with E-state index in [1.54, 1.807) is 13.1 Å². The fourth-order valence-electron chi connectivity index (χ4n) is 2.42. The molecular formula is C15H17BrN6O. The maximum atomic E-state index is 11.4. The normalized spacial score (nSPS) is 14.7. The van der Waals surface area contributed by atoms with Gasteiger partial charge in [0.2, 0.25) is 11.9 Å². The molecule has 1 fully saturated rings. The van der Waals surface area contributed by atoms with Crippen LogP contribution < -0.4 is 10.2 Å². The number of hydrogen-bond acceptors (Lipinski definition) is 6. The summed E-state index contributed by atoms with van der Waals surface area (Å²) in [5, 5.41) is 11.3. The Labute approximate surface area is 142 Å². The van der Waals surface area contributed by atoms with E-state index in [0.717, 1.165) is 10.2 Å². The maximum Gasteiger partial charge on any atom is 0.247 e. The zero-order valence-corrected chi connectivity index (χ0v) is 14.3. The third kappa shape index (κ3) is 3.95. The van der Waals surface area contributed by atoms with E-state index in [-0.39, 0.29) is 5.91 Å². The number of hydrogen-bond donors (Lipinski definition) is 1. The highest BCUT2D eigenvalue weighted by atomic mass is 79.9. The van der Waals surface area contributed by atoms with Gasteiger partial charge in [-0.05, 0) is 18.2 Å². The monoisotopic (exact) mass is 376 g/mol. The molecule has 1 saturated heterocycles. The van der Waals surface area contributed by atoms with E-state index in [9.17, 15) is 4.79 Å². The molecule has 0 saturated carbocycles. The highest BCUT2D eigenvalue weighted by Crippen LogP contribution is 2.20. The van der Waals surface area contributed by atoms with Gasteiger partial charge in [-0.2, -0.15) is 10.1 Å². The molecule has 0 aliphatic carbocycles. The van der Waals surface area contributed by atoms with Gasteiger partial charge in [0, 0.05) is 43.3 Å². The van der Waals surface area contributed by atoms with Crippen molar-refractivity contribution in [3.63, 3.8) is 0 Å². The molecule has 1 amide bonds. The second kappa shape index (κ2) is 6.91. The lowest BCUT2D eigenvalue weighted by Gasteiger charge is -2.33. The first-order valence-corrected chi connectivity index (χ1v) is 8.14. The first-order valence-electron chi connectivity index (χ1n) is 7.34. The Morgan fingerprint density at radius 1 is 1.26 bits per heavy atom. The molecule has 8 heteroatoms. The predicted octanol–water partition coefficient (Wildman–Crippen LogP) is 2.05. The van der Waals surface area contributed by atoms with Crippen LogP contribution in [0.4, 0.5) is 17.5 Å². The number of benzene rings is 1. The summed E-state index contributed by atoms with van der Waals surface area (Å²) < 4.78 is 0.991. The number of amides is 1. The molecule has 0 unspecified atom stereocenters. The van der Waals surface area contributed by atoms with Crippen molar-refractivity contribution in [3.05, 3.63) is 34.9 Å². The number of piperazine rings is 1. The third-order valence-corrected chi connectivity index (χ3v) is 4.15. The van der Waals surface area contributed by atoms with Gasteiger partial charge in [-0.3, -0.25) is 4.79 Å². The minimum atomic E-state index is 0.105. The smallest absolute Gasteiger partial charge is 0.247 e. The van der Waals surface area contributed by atoms with Gasteiger partial charge >= 0.3 is 0 Å². The van der Waals surface area contributed by atoms with Crippen molar-refractivity contribution < 1.29 is 4.79 Å². The van der Waals surface area contributed by atoms with E-state index in [1.165, 1.54) is 0 Å². The van der Waals surface area contributed by atoms with Gasteiger partial charge in [-0.1, -0.05) is 22.0 Å². The van der Waals surface area contributed by atoms with Gasteiger partial charge in [-0.15, -0.1) is 5.10 Å². The molecule has 3 rings (SSSR count). The second-order valence-electron chi connectivity index (χ2n) is 5.27. The zero-order chi connectivity index (χ0) is 16.2. The van der Waals surface area contributed by atoms with Gasteiger partial charge in [0.15, 0.2) is 5.82 Å². The summed E-state index contributed by atoms with van der Waals surface area (Å²) in [5.74, 6) is 1.32. The summed E-state index contributed by atoms with van der Waals surface area (Å²) in [6.45, 7) is 4.38. The van der Waals surface area contributed by atoms with E-state index >= 15 is 0 Å². The van der Waals surface area contributed by atoms with Gasteiger partial charge in [0.05, 0.1) is 6.20 Å². The first-order chi connectivity index (χ1) is 11.1. The second-order valence-corrected chi connectivity index (χ2v) is 6.19. The van der Waals surface area contributed by atoms with Crippen LogP contribution in [-0.4, -0.2) is 52.2 Å². The number of carbonyl (C=O) groups is 1. The van der Waals surface area contributed by atoms with E-state index in [1.807, 2.05) is 34.1 Å². The number of rotatable bonds is 3. The molecule has 23 heavy (non-hydrogen) atoms. The van der Waals surface area contributed by atoms with E-state index < -0.39 is 0 Å². The van der Waals surface area contributed by atoms with Crippen LogP contribution in [0.3, 0.4) is 0 Å². The highest BCUT2D eigenvalue weighted by Gasteiger charge is 2.20. The Bertz CT molecular complexity index is 702. The SMILES string of the molecule is CC(=O)N1CCN(c2nncc(Nc3cccc(Br)c3)n2)CC1. The van der Waals surface area contributed by atoms with Crippen molar-refractivity contribution >= 4 is 39.3 Å². The molecule has 1 aromatic heterocycles. The molecule has 1 aliphatic heterocycles. The molecule has 0 radical (unpaired) electrons. The van der Waals surface area contributed by atoms with E-state index in [2.05, 4.69) is 36.4 Å². The van der Waals surface area contributed by atoms with Crippen LogP contribution >= 0.6 is 15.9 Å². The van der Waals surface area contributed by atoms with Gasteiger partial charge < -0.3 is 15.1 Å². The quantitative estimate of drug-likeness (QED) is 0.883. The van der Waals surface area contributed by atoms with Gasteiger partial charge in [0.1, 0.15) is 0 Å². The number of carbonyl (C=O) groups excluding carboxylic acids is 1. The Kier molecular flexibility index (Phi) is 4.71. The molecule has 0 bridgehead atoms. The number of halogens is 1. The van der Waals surface area contributed by atoms with E-state index in [0.29, 0.717) is 37.9 Å². The molecule has 0 atom stereocenters. The van der Waals surface area contributed by atoms with E-state index in [4.69, 9.17) is 0 Å². The van der Waals surface area contributed by atoms with Crippen molar-refractivity contribution in [1.82, 2.24) is 20.1 Å². The van der Waals surface area contributed by atoms with Crippen LogP contribution in [0.1, 0.15) is 6.92 Å².